The Morgan fingerprint density at radius 2 is 2.27 bits per heavy atom. The van der Waals surface area contributed by atoms with Gasteiger partial charge in [0.1, 0.15) is 5.60 Å². The summed E-state index contributed by atoms with van der Waals surface area (Å²) in [5, 5.41) is 10.5. The lowest BCUT2D eigenvalue weighted by molar-refractivity contribution is 0.0669. The Labute approximate surface area is 90.7 Å². The molecule has 0 aromatic carbocycles. The van der Waals surface area contributed by atoms with Crippen LogP contribution in [0.1, 0.15) is 30.9 Å². The zero-order valence-corrected chi connectivity index (χ0v) is 9.27. The van der Waals surface area contributed by atoms with Crippen LogP contribution in [0.3, 0.4) is 0 Å². The van der Waals surface area contributed by atoms with Gasteiger partial charge in [-0.25, -0.2) is 0 Å². The molecule has 2 unspecified atom stereocenters. The molecule has 1 aromatic heterocycles. The van der Waals surface area contributed by atoms with Crippen LogP contribution in [0, 0.1) is 12.8 Å². The van der Waals surface area contributed by atoms with Crippen molar-refractivity contribution < 1.29 is 5.11 Å². The summed E-state index contributed by atoms with van der Waals surface area (Å²) in [6.45, 7) is 4.17. The summed E-state index contributed by atoms with van der Waals surface area (Å²) in [4.78, 5) is 4.13. The standard InChI is InChI=1S/C13H17NO/c1-10-3-5-13(15,6-4-10)12-7-11(2)8-14-9-12/h3,5,7-10,15H,4,6H2,1-2H3. The Kier molecular flexibility index (Phi) is 2.61. The monoisotopic (exact) mass is 203 g/mol. The average Bonchev–Trinajstić information content (AvgIpc) is 2.23. The first-order valence-corrected chi connectivity index (χ1v) is 5.44. The van der Waals surface area contributed by atoms with E-state index in [1.165, 1.54) is 0 Å². The molecule has 1 heterocycles. The fourth-order valence-electron chi connectivity index (χ4n) is 1.98. The largest absolute Gasteiger partial charge is 0.381 e. The number of aromatic nitrogens is 1. The number of nitrogens with zero attached hydrogens (tertiary/aromatic N) is 1. The SMILES string of the molecule is Cc1cncc(C2(O)C=CC(C)CC2)c1. The predicted molar refractivity (Wildman–Crippen MR) is 60.4 cm³/mol. The van der Waals surface area contributed by atoms with Crippen LogP contribution >= 0.6 is 0 Å². The van der Waals surface area contributed by atoms with Crippen LogP contribution in [0.25, 0.3) is 0 Å². The molecular formula is C13H17NO. The highest BCUT2D eigenvalue weighted by molar-refractivity contribution is 5.29. The molecule has 1 aliphatic rings. The lowest BCUT2D eigenvalue weighted by Gasteiger charge is -2.30. The quantitative estimate of drug-likeness (QED) is 0.711. The maximum absolute atomic E-state index is 10.5. The van der Waals surface area contributed by atoms with Crippen LogP contribution in [0.4, 0.5) is 0 Å². The molecule has 15 heavy (non-hydrogen) atoms. The third-order valence-electron chi connectivity index (χ3n) is 3.06. The predicted octanol–water partition coefficient (Wildman–Crippen LogP) is 2.56. The molecule has 2 nitrogen and oxygen atoms in total. The van der Waals surface area contributed by atoms with E-state index in [1.807, 2.05) is 25.3 Å². The maximum atomic E-state index is 10.5. The highest BCUT2D eigenvalue weighted by Gasteiger charge is 2.29. The molecule has 0 saturated heterocycles. The smallest absolute Gasteiger partial charge is 0.109 e. The second kappa shape index (κ2) is 3.78. The summed E-state index contributed by atoms with van der Waals surface area (Å²) in [5.74, 6) is 0.572. The first-order chi connectivity index (χ1) is 7.10. The van der Waals surface area contributed by atoms with Crippen molar-refractivity contribution in [1.82, 2.24) is 4.98 Å². The highest BCUT2D eigenvalue weighted by Crippen LogP contribution is 2.34. The molecule has 2 heteroatoms. The summed E-state index contributed by atoms with van der Waals surface area (Å²) in [6.07, 6.45) is 9.38. The van der Waals surface area contributed by atoms with Gasteiger partial charge in [0.05, 0.1) is 0 Å². The van der Waals surface area contributed by atoms with Crippen LogP contribution in [0.5, 0.6) is 0 Å². The first-order valence-electron chi connectivity index (χ1n) is 5.44. The van der Waals surface area contributed by atoms with Crippen molar-refractivity contribution in [3.05, 3.63) is 41.7 Å². The van der Waals surface area contributed by atoms with Crippen molar-refractivity contribution in [3.63, 3.8) is 0 Å². The van der Waals surface area contributed by atoms with E-state index in [0.29, 0.717) is 5.92 Å². The Hall–Kier alpha value is -1.15. The van der Waals surface area contributed by atoms with E-state index in [1.54, 1.807) is 6.20 Å². The normalized spacial score (nSPS) is 30.5. The lowest BCUT2D eigenvalue weighted by Crippen LogP contribution is -2.26. The van der Waals surface area contributed by atoms with E-state index >= 15 is 0 Å². The molecule has 1 aromatic rings. The van der Waals surface area contributed by atoms with E-state index in [4.69, 9.17) is 0 Å². The van der Waals surface area contributed by atoms with Gasteiger partial charge in [-0.2, -0.15) is 0 Å². The molecule has 0 fully saturated rings. The van der Waals surface area contributed by atoms with Crippen molar-refractivity contribution in [1.29, 1.82) is 0 Å². The number of rotatable bonds is 1. The maximum Gasteiger partial charge on any atom is 0.109 e. The summed E-state index contributed by atoms with van der Waals surface area (Å²) in [5.41, 5.74) is 1.20. The van der Waals surface area contributed by atoms with Crippen LogP contribution < -0.4 is 0 Å². The summed E-state index contributed by atoms with van der Waals surface area (Å²) in [6, 6.07) is 2.01. The van der Waals surface area contributed by atoms with Crippen molar-refractivity contribution in [3.8, 4) is 0 Å². The Balaban J connectivity index is 2.34. The minimum atomic E-state index is -0.800. The van der Waals surface area contributed by atoms with E-state index in [2.05, 4.69) is 18.0 Å². The fraction of sp³-hybridized carbons (Fsp3) is 0.462. The van der Waals surface area contributed by atoms with Gasteiger partial charge < -0.3 is 5.11 Å². The van der Waals surface area contributed by atoms with Crippen LogP contribution in [-0.4, -0.2) is 10.1 Å². The van der Waals surface area contributed by atoms with Gasteiger partial charge in [0.2, 0.25) is 0 Å². The van der Waals surface area contributed by atoms with E-state index < -0.39 is 5.60 Å². The lowest BCUT2D eigenvalue weighted by atomic mass is 9.81. The van der Waals surface area contributed by atoms with E-state index in [9.17, 15) is 5.11 Å². The molecular weight excluding hydrogens is 186 g/mol. The van der Waals surface area contributed by atoms with Gasteiger partial charge in [-0.15, -0.1) is 0 Å². The minimum absolute atomic E-state index is 0.572. The van der Waals surface area contributed by atoms with Crippen molar-refractivity contribution >= 4 is 0 Å². The van der Waals surface area contributed by atoms with Crippen LogP contribution in [-0.2, 0) is 5.60 Å². The highest BCUT2D eigenvalue weighted by atomic mass is 16.3. The van der Waals surface area contributed by atoms with Gasteiger partial charge >= 0.3 is 0 Å². The summed E-state index contributed by atoms with van der Waals surface area (Å²) < 4.78 is 0. The molecule has 1 N–H and O–H groups in total. The summed E-state index contributed by atoms with van der Waals surface area (Å²) >= 11 is 0. The summed E-state index contributed by atoms with van der Waals surface area (Å²) in [7, 11) is 0. The van der Waals surface area contributed by atoms with Gasteiger partial charge in [0.15, 0.2) is 0 Å². The van der Waals surface area contributed by atoms with Gasteiger partial charge in [-0.05, 0) is 37.3 Å². The topological polar surface area (TPSA) is 33.1 Å². The number of aryl methyl sites for hydroxylation is 1. The molecule has 0 radical (unpaired) electrons. The second-order valence-electron chi connectivity index (χ2n) is 4.55. The fourth-order valence-corrected chi connectivity index (χ4v) is 1.98. The molecule has 0 spiro atoms. The van der Waals surface area contributed by atoms with Gasteiger partial charge in [0, 0.05) is 18.0 Å². The zero-order valence-electron chi connectivity index (χ0n) is 9.27. The zero-order chi connectivity index (χ0) is 10.9. The number of hydrogen-bond donors (Lipinski definition) is 1. The Bertz CT molecular complexity index is 386. The molecule has 0 amide bonds. The molecule has 1 aliphatic carbocycles. The number of pyridine rings is 1. The Morgan fingerprint density at radius 3 is 2.87 bits per heavy atom. The van der Waals surface area contributed by atoms with Crippen molar-refractivity contribution in [2.45, 2.75) is 32.3 Å². The van der Waals surface area contributed by atoms with Gasteiger partial charge in [0.25, 0.3) is 0 Å². The van der Waals surface area contributed by atoms with Gasteiger partial charge in [-0.3, -0.25) is 4.98 Å². The van der Waals surface area contributed by atoms with Crippen LogP contribution in [0.2, 0.25) is 0 Å². The molecule has 2 rings (SSSR count). The molecule has 0 aliphatic heterocycles. The van der Waals surface area contributed by atoms with Crippen molar-refractivity contribution in [2.24, 2.45) is 5.92 Å². The number of hydrogen-bond acceptors (Lipinski definition) is 2. The minimum Gasteiger partial charge on any atom is -0.381 e. The third-order valence-corrected chi connectivity index (χ3v) is 3.06. The molecule has 0 saturated carbocycles. The number of aliphatic hydroxyl groups is 1. The molecule has 80 valence electrons. The molecule has 2 atom stereocenters. The van der Waals surface area contributed by atoms with E-state index in [0.717, 1.165) is 24.0 Å². The molecule has 0 bridgehead atoms. The number of allylic oxidation sites excluding steroid dienone is 1. The second-order valence-corrected chi connectivity index (χ2v) is 4.55. The van der Waals surface area contributed by atoms with E-state index in [-0.39, 0.29) is 0 Å². The average molecular weight is 203 g/mol. The first kappa shape index (κ1) is 10.4. The van der Waals surface area contributed by atoms with Gasteiger partial charge in [-0.1, -0.05) is 19.1 Å². The Morgan fingerprint density at radius 1 is 1.47 bits per heavy atom. The third kappa shape index (κ3) is 2.10. The van der Waals surface area contributed by atoms with Crippen LogP contribution in [0.15, 0.2) is 30.6 Å². The van der Waals surface area contributed by atoms with Crippen molar-refractivity contribution in [2.75, 3.05) is 0 Å².